The molecular weight excluding hydrogens is 276 g/mol. The summed E-state index contributed by atoms with van der Waals surface area (Å²) in [5.41, 5.74) is 0. The lowest BCUT2D eigenvalue weighted by molar-refractivity contribution is -0.120. The highest BCUT2D eigenvalue weighted by atomic mass is 35.5. The third-order valence-corrected chi connectivity index (χ3v) is 3.71. The molecule has 0 spiro atoms. The predicted molar refractivity (Wildman–Crippen MR) is 67.7 cm³/mol. The summed E-state index contributed by atoms with van der Waals surface area (Å²) in [7, 11) is 0. The second-order valence-corrected chi connectivity index (χ2v) is 5.71. The first-order chi connectivity index (χ1) is 8.56. The Balaban J connectivity index is 2.00. The molecule has 6 nitrogen and oxygen atoms in total. The monoisotopic (exact) mass is 288 g/mol. The Morgan fingerprint density at radius 1 is 1.50 bits per heavy atom. The van der Waals surface area contributed by atoms with Crippen molar-refractivity contribution in [2.24, 2.45) is 0 Å². The Kier molecular flexibility index (Phi) is 4.13. The number of carbonyl (C=O) groups is 2. The van der Waals surface area contributed by atoms with E-state index in [4.69, 9.17) is 11.6 Å². The van der Waals surface area contributed by atoms with Crippen molar-refractivity contribution < 1.29 is 9.59 Å². The van der Waals surface area contributed by atoms with E-state index in [0.29, 0.717) is 18.1 Å². The summed E-state index contributed by atoms with van der Waals surface area (Å²) in [6, 6.07) is 0.0172. The SMILES string of the molecule is CC(=O)NC1CCCN(C(=O)c2nnc(Cl)s2)C1. The minimum atomic E-state index is -0.172. The average molecular weight is 289 g/mol. The van der Waals surface area contributed by atoms with Gasteiger partial charge in [-0.3, -0.25) is 9.59 Å². The molecule has 1 unspecified atom stereocenters. The van der Waals surface area contributed by atoms with Gasteiger partial charge in [-0.2, -0.15) is 0 Å². The predicted octanol–water partition coefficient (Wildman–Crippen LogP) is 0.932. The molecule has 0 saturated carbocycles. The van der Waals surface area contributed by atoms with Crippen LogP contribution in [0.25, 0.3) is 0 Å². The fraction of sp³-hybridized carbons (Fsp3) is 0.600. The van der Waals surface area contributed by atoms with Gasteiger partial charge in [0.25, 0.3) is 5.91 Å². The summed E-state index contributed by atoms with van der Waals surface area (Å²) in [6.45, 7) is 2.66. The van der Waals surface area contributed by atoms with E-state index in [1.807, 2.05) is 0 Å². The average Bonchev–Trinajstić information content (AvgIpc) is 2.74. The van der Waals surface area contributed by atoms with Crippen LogP contribution in [0, 0.1) is 0 Å². The van der Waals surface area contributed by atoms with E-state index in [1.54, 1.807) is 4.90 Å². The lowest BCUT2D eigenvalue weighted by Crippen LogP contribution is -2.49. The van der Waals surface area contributed by atoms with Crippen molar-refractivity contribution in [2.45, 2.75) is 25.8 Å². The molecule has 0 aromatic carbocycles. The van der Waals surface area contributed by atoms with Crippen molar-refractivity contribution >= 4 is 34.8 Å². The number of hydrogen-bond donors (Lipinski definition) is 1. The maximum absolute atomic E-state index is 12.1. The van der Waals surface area contributed by atoms with Gasteiger partial charge in [0.05, 0.1) is 0 Å². The minimum absolute atomic E-state index is 0.0172. The van der Waals surface area contributed by atoms with Crippen LogP contribution < -0.4 is 5.32 Å². The molecule has 1 fully saturated rings. The fourth-order valence-electron chi connectivity index (χ4n) is 1.99. The van der Waals surface area contributed by atoms with Gasteiger partial charge in [-0.15, -0.1) is 10.2 Å². The first-order valence-corrected chi connectivity index (χ1v) is 6.81. The van der Waals surface area contributed by atoms with Crippen LogP contribution in [0.5, 0.6) is 0 Å². The Morgan fingerprint density at radius 2 is 2.28 bits per heavy atom. The molecular formula is C10H13ClN4O2S. The van der Waals surface area contributed by atoms with Gasteiger partial charge >= 0.3 is 0 Å². The van der Waals surface area contributed by atoms with Crippen LogP contribution in [0.15, 0.2) is 0 Å². The number of hydrogen-bond acceptors (Lipinski definition) is 5. The number of nitrogens with zero attached hydrogens (tertiary/aromatic N) is 3. The molecule has 1 N–H and O–H groups in total. The summed E-state index contributed by atoms with van der Waals surface area (Å²) in [4.78, 5) is 24.8. The molecule has 1 aliphatic heterocycles. The van der Waals surface area contributed by atoms with E-state index in [0.717, 1.165) is 24.2 Å². The summed E-state index contributed by atoms with van der Waals surface area (Å²) >= 11 is 6.73. The van der Waals surface area contributed by atoms with Gasteiger partial charge in [0.2, 0.25) is 15.4 Å². The van der Waals surface area contributed by atoms with Crippen molar-refractivity contribution in [2.75, 3.05) is 13.1 Å². The van der Waals surface area contributed by atoms with E-state index in [1.165, 1.54) is 6.92 Å². The van der Waals surface area contributed by atoms with Gasteiger partial charge in [0, 0.05) is 26.1 Å². The molecule has 0 bridgehead atoms. The van der Waals surface area contributed by atoms with Crippen molar-refractivity contribution in [1.82, 2.24) is 20.4 Å². The first kappa shape index (κ1) is 13.2. The highest BCUT2D eigenvalue weighted by molar-refractivity contribution is 7.17. The van der Waals surface area contributed by atoms with Crippen LogP contribution in [0.2, 0.25) is 4.47 Å². The second kappa shape index (κ2) is 5.62. The zero-order valence-electron chi connectivity index (χ0n) is 9.85. The second-order valence-electron chi connectivity index (χ2n) is 4.15. The number of amides is 2. The van der Waals surface area contributed by atoms with Gasteiger partial charge in [0.15, 0.2) is 0 Å². The van der Waals surface area contributed by atoms with Crippen molar-refractivity contribution in [3.05, 3.63) is 9.47 Å². The van der Waals surface area contributed by atoms with Gasteiger partial charge in [0.1, 0.15) is 0 Å². The van der Waals surface area contributed by atoms with E-state index in [2.05, 4.69) is 15.5 Å². The van der Waals surface area contributed by atoms with Crippen LogP contribution >= 0.6 is 22.9 Å². The van der Waals surface area contributed by atoms with E-state index in [9.17, 15) is 9.59 Å². The number of likely N-dealkylation sites (tertiary alicyclic amines) is 1. The van der Waals surface area contributed by atoms with Crippen LogP contribution in [-0.4, -0.2) is 46.0 Å². The van der Waals surface area contributed by atoms with Gasteiger partial charge in [-0.25, -0.2) is 0 Å². The third-order valence-electron chi connectivity index (χ3n) is 2.70. The summed E-state index contributed by atoms with van der Waals surface area (Å²) in [6.07, 6.45) is 1.75. The molecule has 1 aromatic rings. The molecule has 1 atom stereocenters. The van der Waals surface area contributed by atoms with Crippen LogP contribution in [0.1, 0.15) is 29.6 Å². The maximum Gasteiger partial charge on any atom is 0.284 e. The number of carbonyl (C=O) groups excluding carboxylic acids is 2. The molecule has 2 rings (SSSR count). The normalized spacial score (nSPS) is 19.7. The highest BCUT2D eigenvalue weighted by Crippen LogP contribution is 2.19. The smallest absolute Gasteiger partial charge is 0.284 e. The van der Waals surface area contributed by atoms with E-state index in [-0.39, 0.29) is 22.3 Å². The fourth-order valence-corrected chi connectivity index (χ4v) is 2.79. The van der Waals surface area contributed by atoms with Gasteiger partial charge in [-0.05, 0) is 24.4 Å². The largest absolute Gasteiger partial charge is 0.352 e. The zero-order chi connectivity index (χ0) is 13.1. The first-order valence-electron chi connectivity index (χ1n) is 5.61. The van der Waals surface area contributed by atoms with Crippen LogP contribution in [0.4, 0.5) is 0 Å². The Morgan fingerprint density at radius 3 is 2.89 bits per heavy atom. The molecule has 0 aliphatic carbocycles. The summed E-state index contributed by atoms with van der Waals surface area (Å²) in [5.74, 6) is -0.247. The van der Waals surface area contributed by atoms with Crippen molar-refractivity contribution in [1.29, 1.82) is 0 Å². The molecule has 2 amide bonds. The highest BCUT2D eigenvalue weighted by Gasteiger charge is 2.26. The van der Waals surface area contributed by atoms with E-state index < -0.39 is 0 Å². The third kappa shape index (κ3) is 3.17. The molecule has 1 saturated heterocycles. The van der Waals surface area contributed by atoms with Crippen LogP contribution in [0.3, 0.4) is 0 Å². The molecule has 98 valence electrons. The molecule has 2 heterocycles. The Bertz CT molecular complexity index is 464. The van der Waals surface area contributed by atoms with Gasteiger partial charge < -0.3 is 10.2 Å². The molecule has 0 radical (unpaired) electrons. The van der Waals surface area contributed by atoms with E-state index >= 15 is 0 Å². The quantitative estimate of drug-likeness (QED) is 0.878. The number of halogens is 1. The standard InChI is InChI=1S/C10H13ClN4O2S/c1-6(16)12-7-3-2-4-15(5-7)9(17)8-13-14-10(11)18-8/h7H,2-5H2,1H3,(H,12,16). The molecule has 1 aromatic heterocycles. The topological polar surface area (TPSA) is 75.2 Å². The molecule has 1 aliphatic rings. The number of piperidine rings is 1. The minimum Gasteiger partial charge on any atom is -0.352 e. The number of nitrogens with one attached hydrogen (secondary N) is 1. The Labute approximate surface area is 113 Å². The lowest BCUT2D eigenvalue weighted by Gasteiger charge is -2.32. The van der Waals surface area contributed by atoms with Crippen LogP contribution in [-0.2, 0) is 4.79 Å². The van der Waals surface area contributed by atoms with Crippen molar-refractivity contribution in [3.8, 4) is 0 Å². The van der Waals surface area contributed by atoms with Crippen molar-refractivity contribution in [3.63, 3.8) is 0 Å². The zero-order valence-corrected chi connectivity index (χ0v) is 11.4. The maximum atomic E-state index is 12.1. The summed E-state index contributed by atoms with van der Waals surface area (Å²) in [5, 5.41) is 10.5. The Hall–Kier alpha value is -1.21. The lowest BCUT2D eigenvalue weighted by atomic mass is 10.1. The number of aromatic nitrogens is 2. The van der Waals surface area contributed by atoms with Gasteiger partial charge in [-0.1, -0.05) is 11.3 Å². The summed E-state index contributed by atoms with van der Waals surface area (Å²) < 4.78 is 0.258. The number of rotatable bonds is 2. The molecule has 8 heteroatoms. The molecule has 18 heavy (non-hydrogen) atoms.